The quantitative estimate of drug-likeness (QED) is 0.687. The minimum atomic E-state index is -0.196. The summed E-state index contributed by atoms with van der Waals surface area (Å²) in [5.41, 5.74) is 2.65. The lowest BCUT2D eigenvalue weighted by molar-refractivity contribution is 0.0742. The molecule has 3 aromatic rings. The first-order chi connectivity index (χ1) is 14.0. The number of nitrogens with one attached hydrogen (secondary N) is 1. The van der Waals surface area contributed by atoms with Crippen molar-refractivity contribution >= 4 is 17.5 Å². The molecule has 1 aromatic heterocycles. The molecule has 3 rings (SSSR count). The van der Waals surface area contributed by atoms with Gasteiger partial charge in [-0.25, -0.2) is 4.98 Å². The summed E-state index contributed by atoms with van der Waals surface area (Å²) in [6.07, 6.45) is 1.50. The maximum atomic E-state index is 12.8. The Morgan fingerprint density at radius 2 is 1.76 bits per heavy atom. The van der Waals surface area contributed by atoms with Crippen LogP contribution >= 0.6 is 0 Å². The van der Waals surface area contributed by atoms with Crippen LogP contribution in [0.5, 0.6) is 5.88 Å². The smallest absolute Gasteiger partial charge is 0.255 e. The van der Waals surface area contributed by atoms with Crippen molar-refractivity contribution in [2.75, 3.05) is 19.5 Å². The van der Waals surface area contributed by atoms with E-state index in [1.807, 2.05) is 49.4 Å². The third-order valence-electron chi connectivity index (χ3n) is 4.76. The largest absolute Gasteiger partial charge is 0.481 e. The first-order valence-corrected chi connectivity index (χ1v) is 9.23. The second-order valence-electron chi connectivity index (χ2n) is 6.63. The second-order valence-corrected chi connectivity index (χ2v) is 6.63. The molecule has 0 unspecified atom stereocenters. The van der Waals surface area contributed by atoms with Crippen LogP contribution in [0.4, 0.5) is 5.69 Å². The van der Waals surface area contributed by atoms with Crippen molar-refractivity contribution in [1.29, 1.82) is 0 Å². The van der Waals surface area contributed by atoms with Crippen LogP contribution in [-0.2, 0) is 0 Å². The molecule has 0 aliphatic heterocycles. The van der Waals surface area contributed by atoms with Crippen molar-refractivity contribution in [3.05, 3.63) is 89.6 Å². The summed E-state index contributed by atoms with van der Waals surface area (Å²) in [7, 11) is 3.27. The zero-order chi connectivity index (χ0) is 20.8. The Kier molecular flexibility index (Phi) is 6.24. The predicted molar refractivity (Wildman–Crippen MR) is 112 cm³/mol. The first kappa shape index (κ1) is 20.1. The van der Waals surface area contributed by atoms with Gasteiger partial charge in [0.05, 0.1) is 18.7 Å². The lowest BCUT2D eigenvalue weighted by atomic mass is 10.1. The van der Waals surface area contributed by atoms with E-state index in [2.05, 4.69) is 10.3 Å². The second kappa shape index (κ2) is 9.01. The van der Waals surface area contributed by atoms with Crippen molar-refractivity contribution in [2.24, 2.45) is 0 Å². The van der Waals surface area contributed by atoms with Gasteiger partial charge in [-0.3, -0.25) is 9.59 Å². The molecule has 0 fully saturated rings. The van der Waals surface area contributed by atoms with E-state index in [4.69, 9.17) is 4.74 Å². The number of hydrogen-bond donors (Lipinski definition) is 1. The van der Waals surface area contributed by atoms with Gasteiger partial charge >= 0.3 is 0 Å². The van der Waals surface area contributed by atoms with Gasteiger partial charge in [-0.1, -0.05) is 30.3 Å². The van der Waals surface area contributed by atoms with Crippen molar-refractivity contribution < 1.29 is 14.3 Å². The molecule has 2 amide bonds. The van der Waals surface area contributed by atoms with Gasteiger partial charge in [0.15, 0.2) is 0 Å². The number of carbonyl (C=O) groups excluding carboxylic acids is 2. The molecule has 0 spiro atoms. The van der Waals surface area contributed by atoms with Gasteiger partial charge in [-0.05, 0) is 42.8 Å². The molecule has 6 nitrogen and oxygen atoms in total. The molecule has 148 valence electrons. The van der Waals surface area contributed by atoms with Crippen molar-refractivity contribution in [3.63, 3.8) is 0 Å². The average molecular weight is 389 g/mol. The highest BCUT2D eigenvalue weighted by Crippen LogP contribution is 2.24. The summed E-state index contributed by atoms with van der Waals surface area (Å²) in [6, 6.07) is 19.7. The zero-order valence-electron chi connectivity index (χ0n) is 16.6. The van der Waals surface area contributed by atoms with Gasteiger partial charge in [0.2, 0.25) is 5.88 Å². The van der Waals surface area contributed by atoms with Gasteiger partial charge in [-0.2, -0.15) is 0 Å². The summed E-state index contributed by atoms with van der Waals surface area (Å²) >= 11 is 0. The number of nitrogens with zero attached hydrogens (tertiary/aromatic N) is 2. The predicted octanol–water partition coefficient (Wildman–Crippen LogP) is 4.18. The summed E-state index contributed by atoms with van der Waals surface area (Å²) < 4.78 is 5.03. The third kappa shape index (κ3) is 4.79. The Bertz CT molecular complexity index is 988. The minimum Gasteiger partial charge on any atom is -0.481 e. The van der Waals surface area contributed by atoms with Crippen LogP contribution in [0.15, 0.2) is 72.9 Å². The molecule has 1 atom stereocenters. The first-order valence-electron chi connectivity index (χ1n) is 9.23. The average Bonchev–Trinajstić information content (AvgIpc) is 2.78. The van der Waals surface area contributed by atoms with Gasteiger partial charge < -0.3 is 15.0 Å². The van der Waals surface area contributed by atoms with E-state index in [9.17, 15) is 9.59 Å². The normalized spacial score (nSPS) is 11.4. The highest BCUT2D eigenvalue weighted by molar-refractivity contribution is 6.04. The lowest BCUT2D eigenvalue weighted by Crippen LogP contribution is -2.29. The van der Waals surface area contributed by atoms with Crippen LogP contribution in [0, 0.1) is 0 Å². The summed E-state index contributed by atoms with van der Waals surface area (Å²) in [4.78, 5) is 30.9. The van der Waals surface area contributed by atoms with Crippen LogP contribution < -0.4 is 10.1 Å². The number of hydrogen-bond acceptors (Lipinski definition) is 4. The van der Waals surface area contributed by atoms with E-state index in [0.29, 0.717) is 22.7 Å². The molecule has 0 bridgehead atoms. The van der Waals surface area contributed by atoms with Crippen molar-refractivity contribution in [2.45, 2.75) is 13.0 Å². The number of carbonyl (C=O) groups is 2. The maximum absolute atomic E-state index is 12.8. The molecule has 1 heterocycles. The molecular formula is C23H23N3O3. The topological polar surface area (TPSA) is 71.5 Å². The zero-order valence-corrected chi connectivity index (χ0v) is 16.6. The Morgan fingerprint density at radius 3 is 2.41 bits per heavy atom. The number of amides is 2. The van der Waals surface area contributed by atoms with Gasteiger partial charge in [0, 0.05) is 30.6 Å². The molecule has 6 heteroatoms. The number of ether oxygens (including phenoxy) is 1. The van der Waals surface area contributed by atoms with Crippen LogP contribution in [0.1, 0.15) is 39.2 Å². The van der Waals surface area contributed by atoms with E-state index >= 15 is 0 Å². The van der Waals surface area contributed by atoms with Crippen LogP contribution in [0.3, 0.4) is 0 Å². The van der Waals surface area contributed by atoms with Crippen molar-refractivity contribution in [3.8, 4) is 5.88 Å². The van der Waals surface area contributed by atoms with Crippen LogP contribution in [0.25, 0.3) is 0 Å². The summed E-state index contributed by atoms with van der Waals surface area (Å²) in [5.74, 6) is 0.134. The molecule has 2 aromatic carbocycles. The number of aromatic nitrogens is 1. The SMILES string of the molecule is COc1ccc(C(=O)N(C)[C@H](C)c2cccc(NC(=O)c3ccccc3)c2)cn1. The number of methoxy groups -OCH3 is 1. The molecule has 0 aliphatic carbocycles. The Labute approximate surface area is 170 Å². The number of anilines is 1. The highest BCUT2D eigenvalue weighted by Gasteiger charge is 2.20. The standard InChI is InChI=1S/C23H23N3O3/c1-16(26(2)23(28)19-12-13-21(29-3)24-15-19)18-10-7-11-20(14-18)25-22(27)17-8-5-4-6-9-17/h4-16H,1-3H3,(H,25,27)/t16-/m1/s1. The van der Waals surface area contributed by atoms with E-state index in [1.165, 1.54) is 13.3 Å². The molecule has 0 saturated heterocycles. The molecule has 0 aliphatic rings. The number of rotatable bonds is 6. The number of benzene rings is 2. The van der Waals surface area contributed by atoms with Gasteiger partial charge in [-0.15, -0.1) is 0 Å². The highest BCUT2D eigenvalue weighted by atomic mass is 16.5. The molecule has 1 N–H and O–H groups in total. The fourth-order valence-corrected chi connectivity index (χ4v) is 2.90. The van der Waals surface area contributed by atoms with E-state index < -0.39 is 0 Å². The van der Waals surface area contributed by atoms with Gasteiger partial charge in [0.25, 0.3) is 11.8 Å². The maximum Gasteiger partial charge on any atom is 0.255 e. The monoisotopic (exact) mass is 389 g/mol. The molecule has 0 saturated carbocycles. The number of pyridine rings is 1. The van der Waals surface area contributed by atoms with Gasteiger partial charge in [0.1, 0.15) is 0 Å². The minimum absolute atomic E-state index is 0.147. The molecular weight excluding hydrogens is 366 g/mol. The Hall–Kier alpha value is -3.67. The Morgan fingerprint density at radius 1 is 1.00 bits per heavy atom. The van der Waals surface area contributed by atoms with Crippen LogP contribution in [0.2, 0.25) is 0 Å². The van der Waals surface area contributed by atoms with Crippen molar-refractivity contribution in [1.82, 2.24) is 9.88 Å². The fraction of sp³-hybridized carbons (Fsp3) is 0.174. The lowest BCUT2D eigenvalue weighted by Gasteiger charge is -2.26. The van der Waals surface area contributed by atoms with E-state index in [0.717, 1.165) is 5.56 Å². The Balaban J connectivity index is 1.73. The third-order valence-corrected chi connectivity index (χ3v) is 4.76. The fourth-order valence-electron chi connectivity index (χ4n) is 2.90. The summed E-state index contributed by atoms with van der Waals surface area (Å²) in [5, 5.41) is 2.90. The van der Waals surface area contributed by atoms with E-state index in [-0.39, 0.29) is 17.9 Å². The van der Waals surface area contributed by atoms with E-state index in [1.54, 1.807) is 36.2 Å². The summed E-state index contributed by atoms with van der Waals surface area (Å²) in [6.45, 7) is 1.94. The molecule has 29 heavy (non-hydrogen) atoms. The molecule has 0 radical (unpaired) electrons. The van der Waals surface area contributed by atoms with Crippen LogP contribution in [-0.4, -0.2) is 35.9 Å².